The van der Waals surface area contributed by atoms with Crippen molar-refractivity contribution in [3.63, 3.8) is 0 Å². The van der Waals surface area contributed by atoms with Gasteiger partial charge in [-0.25, -0.2) is 0 Å². The van der Waals surface area contributed by atoms with Crippen molar-refractivity contribution in [2.24, 2.45) is 0 Å². The Morgan fingerprint density at radius 3 is 1.22 bits per heavy atom. The molecule has 7 aromatic carbocycles. The maximum atomic E-state index is 5.55. The Labute approximate surface area is 415 Å². The van der Waals surface area contributed by atoms with E-state index in [2.05, 4.69) is 183 Å². The van der Waals surface area contributed by atoms with Crippen LogP contribution in [-0.4, -0.2) is 14.2 Å². The average Bonchev–Trinajstić information content (AvgIpc) is 3.65. The predicted molar refractivity (Wildman–Crippen MR) is 294 cm³/mol. The molecule has 0 saturated carbocycles. The average molecular weight is 917 g/mol. The van der Waals surface area contributed by atoms with E-state index >= 15 is 0 Å². The number of unbranched alkanes of at least 4 members (excludes halogenated alkanes) is 10. The fraction of sp³-hybridized carbons (Fsp3) is 0.354. The van der Waals surface area contributed by atoms with Crippen molar-refractivity contribution in [2.45, 2.75) is 136 Å². The van der Waals surface area contributed by atoms with E-state index in [0.717, 1.165) is 40.8 Å². The molecule has 0 N–H and O–H groups in total. The number of rotatable bonds is 25. The Kier molecular flexibility index (Phi) is 17.0. The van der Waals surface area contributed by atoms with Gasteiger partial charge in [0.05, 0.1) is 14.2 Å². The maximum Gasteiger partial charge on any atom is 0.118 e. The molecule has 358 valence electrons. The Balaban J connectivity index is 1.11. The molecule has 1 aliphatic rings. The highest BCUT2D eigenvalue weighted by Gasteiger charge is 2.42. The fourth-order valence-electron chi connectivity index (χ4n) is 10.7. The molecule has 0 heterocycles. The van der Waals surface area contributed by atoms with Gasteiger partial charge in [0.2, 0.25) is 0 Å². The van der Waals surface area contributed by atoms with E-state index < -0.39 is 0 Å². The van der Waals surface area contributed by atoms with Gasteiger partial charge in [-0.05, 0) is 150 Å². The first-order valence-electron chi connectivity index (χ1n) is 26.2. The van der Waals surface area contributed by atoms with Crippen molar-refractivity contribution in [3.8, 4) is 33.8 Å². The second-order valence-electron chi connectivity index (χ2n) is 19.7. The van der Waals surface area contributed by atoms with Crippen LogP contribution in [0.5, 0.6) is 11.5 Å². The van der Waals surface area contributed by atoms with E-state index in [0.29, 0.717) is 6.54 Å². The van der Waals surface area contributed by atoms with Crippen molar-refractivity contribution in [1.82, 2.24) is 0 Å². The molecule has 0 atom stereocenters. The lowest BCUT2D eigenvalue weighted by atomic mass is 9.70. The highest BCUT2D eigenvalue weighted by molar-refractivity contribution is 5.84. The number of aryl methyl sites for hydroxylation is 2. The summed E-state index contributed by atoms with van der Waals surface area (Å²) in [6.07, 6.45) is 18.3. The number of hydrogen-bond acceptors (Lipinski definition) is 4. The molecule has 1 aliphatic carbocycles. The van der Waals surface area contributed by atoms with Crippen molar-refractivity contribution >= 4 is 22.7 Å². The number of fused-ring (bicyclic) bond motifs is 3. The largest absolute Gasteiger partial charge is 0.497 e. The van der Waals surface area contributed by atoms with Gasteiger partial charge in [-0.15, -0.1) is 0 Å². The predicted octanol–water partition coefficient (Wildman–Crippen LogP) is 18.4. The minimum absolute atomic E-state index is 0.0488. The van der Waals surface area contributed by atoms with Crippen LogP contribution in [0, 0.1) is 13.8 Å². The number of nitrogens with zero attached hydrogens (tertiary/aromatic N) is 2. The Bertz CT molecular complexity index is 2650. The van der Waals surface area contributed by atoms with Gasteiger partial charge in [0, 0.05) is 41.3 Å². The second-order valence-corrected chi connectivity index (χ2v) is 19.7. The van der Waals surface area contributed by atoms with E-state index in [4.69, 9.17) is 9.47 Å². The summed E-state index contributed by atoms with van der Waals surface area (Å²) in [7, 11) is 3.44. The number of hydrogen-bond donors (Lipinski definition) is 0. The first kappa shape index (κ1) is 49.2. The molecule has 4 heteroatoms. The van der Waals surface area contributed by atoms with Crippen molar-refractivity contribution in [2.75, 3.05) is 24.0 Å². The third-order valence-electron chi connectivity index (χ3n) is 14.8. The van der Waals surface area contributed by atoms with E-state index in [1.165, 1.54) is 134 Å². The number of benzene rings is 7. The summed E-state index contributed by atoms with van der Waals surface area (Å²) in [5.74, 6) is 1.73. The zero-order valence-corrected chi connectivity index (χ0v) is 42.5. The molecule has 4 nitrogen and oxygen atoms in total. The van der Waals surface area contributed by atoms with Crippen LogP contribution in [0.2, 0.25) is 0 Å². The summed E-state index contributed by atoms with van der Waals surface area (Å²) in [5.41, 5.74) is 18.3. The topological polar surface area (TPSA) is 24.9 Å². The van der Waals surface area contributed by atoms with Crippen molar-refractivity contribution in [3.05, 3.63) is 191 Å². The molecule has 69 heavy (non-hydrogen) atoms. The molecule has 0 aliphatic heterocycles. The van der Waals surface area contributed by atoms with Crippen LogP contribution < -0.4 is 19.3 Å². The van der Waals surface area contributed by atoms with Crippen LogP contribution in [0.3, 0.4) is 0 Å². The fourth-order valence-corrected chi connectivity index (χ4v) is 10.7. The standard InChI is InChI=1S/C65H76N2O2/c1-7-9-11-13-15-17-43-65(44-18-16-14-12-10-8-2)63-45-50(4)21-41-61(63)62-42-28-54(46-64(62)65)53-26-31-56(32-27-53)67(48-52-24-39-60(69-6)40-25-52)58-35-33-57(34-36-58)66(55-29-19-49(3)20-30-55)47-51-22-37-59(68-5)38-23-51/h19-42,45-46H,7-18,43-44,47-48H2,1-6H3. The van der Waals surface area contributed by atoms with Crippen LogP contribution in [0.15, 0.2) is 158 Å². The first-order chi connectivity index (χ1) is 33.8. The zero-order chi connectivity index (χ0) is 48.0. The molecule has 0 radical (unpaired) electrons. The highest BCUT2D eigenvalue weighted by atomic mass is 16.5. The summed E-state index contributed by atoms with van der Waals surface area (Å²) in [4.78, 5) is 4.82. The molecule has 0 spiro atoms. The van der Waals surface area contributed by atoms with Crippen LogP contribution >= 0.6 is 0 Å². The molecule has 0 saturated heterocycles. The van der Waals surface area contributed by atoms with E-state index in [1.807, 2.05) is 12.1 Å². The third kappa shape index (κ3) is 12.0. The SMILES string of the molecule is CCCCCCCCC1(CCCCCCCC)c2cc(C)ccc2-c2ccc(-c3ccc(N(Cc4ccc(OC)cc4)c4ccc(N(Cc5ccc(OC)cc5)c5ccc(C)cc5)cc4)cc3)cc21. The number of ether oxygens (including phenoxy) is 2. The van der Waals surface area contributed by atoms with E-state index in [9.17, 15) is 0 Å². The zero-order valence-electron chi connectivity index (χ0n) is 42.5. The van der Waals surface area contributed by atoms with Gasteiger partial charge in [-0.2, -0.15) is 0 Å². The van der Waals surface area contributed by atoms with E-state index in [1.54, 1.807) is 25.3 Å². The molecule has 0 amide bonds. The maximum absolute atomic E-state index is 5.55. The van der Waals surface area contributed by atoms with Gasteiger partial charge in [-0.3, -0.25) is 0 Å². The molecule has 0 fully saturated rings. The summed E-state index contributed by atoms with van der Waals surface area (Å²) >= 11 is 0. The van der Waals surface area contributed by atoms with Gasteiger partial charge >= 0.3 is 0 Å². The minimum Gasteiger partial charge on any atom is -0.497 e. The molecular formula is C65H76N2O2. The van der Waals surface area contributed by atoms with Gasteiger partial charge in [-0.1, -0.05) is 181 Å². The summed E-state index contributed by atoms with van der Waals surface area (Å²) in [6.45, 7) is 10.5. The lowest BCUT2D eigenvalue weighted by Gasteiger charge is -2.33. The Hall–Kier alpha value is -6.26. The molecule has 7 aromatic rings. The van der Waals surface area contributed by atoms with Gasteiger partial charge in [0.25, 0.3) is 0 Å². The monoisotopic (exact) mass is 917 g/mol. The summed E-state index contributed by atoms with van der Waals surface area (Å²) in [6, 6.07) is 58.8. The number of anilines is 4. The van der Waals surface area contributed by atoms with Crippen LogP contribution in [0.4, 0.5) is 22.7 Å². The number of methoxy groups -OCH3 is 2. The quantitative estimate of drug-likeness (QED) is 0.0534. The molecule has 0 unspecified atom stereocenters. The molecular weight excluding hydrogens is 841 g/mol. The van der Waals surface area contributed by atoms with Crippen molar-refractivity contribution in [1.29, 1.82) is 0 Å². The first-order valence-corrected chi connectivity index (χ1v) is 26.2. The molecule has 0 aromatic heterocycles. The van der Waals surface area contributed by atoms with Crippen LogP contribution in [0.1, 0.15) is 137 Å². The summed E-state index contributed by atoms with van der Waals surface area (Å²) in [5, 5.41) is 0. The lowest BCUT2D eigenvalue weighted by Crippen LogP contribution is -2.25. The van der Waals surface area contributed by atoms with Crippen LogP contribution in [0.25, 0.3) is 22.3 Å². The van der Waals surface area contributed by atoms with Crippen LogP contribution in [-0.2, 0) is 18.5 Å². The Morgan fingerprint density at radius 1 is 0.377 bits per heavy atom. The Morgan fingerprint density at radius 2 is 0.754 bits per heavy atom. The van der Waals surface area contributed by atoms with Crippen molar-refractivity contribution < 1.29 is 9.47 Å². The second kappa shape index (κ2) is 23.8. The highest BCUT2D eigenvalue weighted by Crippen LogP contribution is 2.55. The molecule has 0 bridgehead atoms. The lowest BCUT2D eigenvalue weighted by molar-refractivity contribution is 0.398. The van der Waals surface area contributed by atoms with Gasteiger partial charge in [0.1, 0.15) is 11.5 Å². The molecule has 8 rings (SSSR count). The smallest absolute Gasteiger partial charge is 0.118 e. The third-order valence-corrected chi connectivity index (χ3v) is 14.8. The van der Waals surface area contributed by atoms with E-state index in [-0.39, 0.29) is 5.41 Å². The summed E-state index contributed by atoms with van der Waals surface area (Å²) < 4.78 is 11.0. The van der Waals surface area contributed by atoms with Gasteiger partial charge < -0.3 is 19.3 Å². The normalized spacial score (nSPS) is 12.4. The van der Waals surface area contributed by atoms with Gasteiger partial charge in [0.15, 0.2) is 0 Å². The minimum atomic E-state index is 0.0488.